The van der Waals surface area contributed by atoms with Crippen molar-refractivity contribution in [2.45, 2.75) is 24.7 Å². The fourth-order valence-electron chi connectivity index (χ4n) is 2.44. The molecule has 1 aliphatic heterocycles. The van der Waals surface area contributed by atoms with Crippen molar-refractivity contribution in [1.29, 1.82) is 5.26 Å². The number of hydrogen-bond donors (Lipinski definition) is 2. The van der Waals surface area contributed by atoms with Gasteiger partial charge in [-0.15, -0.1) is 11.8 Å². The Morgan fingerprint density at radius 3 is 3.11 bits per heavy atom. The van der Waals surface area contributed by atoms with Gasteiger partial charge in [-0.2, -0.15) is 5.26 Å². The monoisotopic (exact) mass is 275 g/mol. The molecule has 0 saturated carbocycles. The van der Waals surface area contributed by atoms with Crippen molar-refractivity contribution in [2.24, 2.45) is 5.92 Å². The lowest BCUT2D eigenvalue weighted by molar-refractivity contribution is 0.549. The van der Waals surface area contributed by atoms with Gasteiger partial charge in [-0.1, -0.05) is 13.0 Å². The summed E-state index contributed by atoms with van der Waals surface area (Å²) in [7, 11) is 0. The Balaban J connectivity index is 1.95. The highest BCUT2D eigenvalue weighted by molar-refractivity contribution is 7.99. The number of hydrogen-bond acceptors (Lipinski definition) is 4. The predicted octanol–water partition coefficient (Wildman–Crippen LogP) is 3.08. The minimum absolute atomic E-state index is 0.784. The lowest BCUT2D eigenvalue weighted by atomic mass is 10.1. The Labute approximate surface area is 119 Å². The second-order valence-corrected chi connectivity index (χ2v) is 6.10. The molecule has 1 heterocycles. The van der Waals surface area contributed by atoms with Crippen LogP contribution in [0, 0.1) is 17.2 Å². The molecule has 2 rings (SSSR count). The molecule has 0 spiro atoms. The van der Waals surface area contributed by atoms with Gasteiger partial charge in [0.2, 0.25) is 0 Å². The number of anilines is 1. The SMILES string of the molecule is CCSc1cccc(NCCC2CCNC2)c1C#N. The number of nitriles is 1. The van der Waals surface area contributed by atoms with Crippen LogP contribution in [-0.4, -0.2) is 25.4 Å². The molecule has 1 fully saturated rings. The van der Waals surface area contributed by atoms with Crippen LogP contribution in [0.5, 0.6) is 0 Å². The van der Waals surface area contributed by atoms with Gasteiger partial charge >= 0.3 is 0 Å². The fraction of sp³-hybridized carbons (Fsp3) is 0.533. The van der Waals surface area contributed by atoms with Crippen molar-refractivity contribution in [2.75, 3.05) is 30.7 Å². The maximum absolute atomic E-state index is 9.32. The van der Waals surface area contributed by atoms with Gasteiger partial charge in [0.25, 0.3) is 0 Å². The van der Waals surface area contributed by atoms with Crippen molar-refractivity contribution in [1.82, 2.24) is 5.32 Å². The summed E-state index contributed by atoms with van der Waals surface area (Å²) in [4.78, 5) is 1.08. The van der Waals surface area contributed by atoms with E-state index in [0.717, 1.165) is 47.5 Å². The summed E-state index contributed by atoms with van der Waals surface area (Å²) in [5.74, 6) is 1.78. The van der Waals surface area contributed by atoms with Crippen LogP contribution in [-0.2, 0) is 0 Å². The normalized spacial score (nSPS) is 18.2. The highest BCUT2D eigenvalue weighted by atomic mass is 32.2. The van der Waals surface area contributed by atoms with E-state index in [1.165, 1.54) is 12.8 Å². The molecule has 0 aliphatic carbocycles. The lowest BCUT2D eigenvalue weighted by Crippen LogP contribution is -2.13. The average Bonchev–Trinajstić information content (AvgIpc) is 2.93. The van der Waals surface area contributed by atoms with E-state index in [2.05, 4.69) is 23.6 Å². The van der Waals surface area contributed by atoms with Crippen LogP contribution < -0.4 is 10.6 Å². The van der Waals surface area contributed by atoms with E-state index >= 15 is 0 Å². The van der Waals surface area contributed by atoms with E-state index in [-0.39, 0.29) is 0 Å². The van der Waals surface area contributed by atoms with Gasteiger partial charge in [0.05, 0.1) is 11.3 Å². The van der Waals surface area contributed by atoms with Crippen LogP contribution in [0.25, 0.3) is 0 Å². The zero-order chi connectivity index (χ0) is 13.5. The summed E-state index contributed by atoms with van der Waals surface area (Å²) in [6.45, 7) is 5.34. The van der Waals surface area contributed by atoms with Gasteiger partial charge < -0.3 is 10.6 Å². The number of rotatable bonds is 6. The molecule has 19 heavy (non-hydrogen) atoms. The third-order valence-corrected chi connectivity index (χ3v) is 4.41. The summed E-state index contributed by atoms with van der Waals surface area (Å²) in [5, 5.41) is 16.1. The second-order valence-electron chi connectivity index (χ2n) is 4.80. The van der Waals surface area contributed by atoms with Crippen molar-refractivity contribution in [3.05, 3.63) is 23.8 Å². The first-order valence-electron chi connectivity index (χ1n) is 6.95. The summed E-state index contributed by atoms with van der Waals surface area (Å²) >= 11 is 1.73. The third-order valence-electron chi connectivity index (χ3n) is 3.47. The van der Waals surface area contributed by atoms with E-state index in [4.69, 9.17) is 0 Å². The first-order chi connectivity index (χ1) is 9.35. The largest absolute Gasteiger partial charge is 0.384 e. The van der Waals surface area contributed by atoms with Gasteiger partial charge in [0, 0.05) is 11.4 Å². The van der Waals surface area contributed by atoms with E-state index in [1.54, 1.807) is 11.8 Å². The molecule has 1 aromatic rings. The standard InChI is InChI=1S/C15H21N3S/c1-2-19-15-5-3-4-14(13(15)10-16)18-9-7-12-6-8-17-11-12/h3-5,12,17-18H,2,6-9,11H2,1H3. The minimum atomic E-state index is 0.784. The molecule has 102 valence electrons. The summed E-state index contributed by atoms with van der Waals surface area (Å²) in [5.41, 5.74) is 1.77. The van der Waals surface area contributed by atoms with Crippen LogP contribution in [0.4, 0.5) is 5.69 Å². The van der Waals surface area contributed by atoms with Gasteiger partial charge in [0.1, 0.15) is 6.07 Å². The topological polar surface area (TPSA) is 47.8 Å². The van der Waals surface area contributed by atoms with Crippen molar-refractivity contribution in [3.63, 3.8) is 0 Å². The van der Waals surface area contributed by atoms with Crippen LogP contribution in [0.2, 0.25) is 0 Å². The Morgan fingerprint density at radius 2 is 2.42 bits per heavy atom. The highest BCUT2D eigenvalue weighted by Gasteiger charge is 2.14. The fourth-order valence-corrected chi connectivity index (χ4v) is 3.23. The molecule has 1 aliphatic rings. The molecule has 1 saturated heterocycles. The number of nitrogens with zero attached hydrogens (tertiary/aromatic N) is 1. The zero-order valence-electron chi connectivity index (χ0n) is 11.4. The number of nitrogens with one attached hydrogen (secondary N) is 2. The van der Waals surface area contributed by atoms with E-state index in [0.29, 0.717) is 0 Å². The average molecular weight is 275 g/mol. The molecular formula is C15H21N3S. The van der Waals surface area contributed by atoms with Gasteiger partial charge in [0.15, 0.2) is 0 Å². The maximum atomic E-state index is 9.32. The third kappa shape index (κ3) is 3.89. The van der Waals surface area contributed by atoms with E-state index in [9.17, 15) is 5.26 Å². The molecule has 3 nitrogen and oxygen atoms in total. The second kappa shape index (κ2) is 7.42. The Bertz CT molecular complexity index is 447. The molecule has 1 atom stereocenters. The van der Waals surface area contributed by atoms with Gasteiger partial charge in [-0.05, 0) is 49.7 Å². The first-order valence-corrected chi connectivity index (χ1v) is 7.94. The van der Waals surface area contributed by atoms with Gasteiger partial charge in [-0.3, -0.25) is 0 Å². The Morgan fingerprint density at radius 1 is 1.53 bits per heavy atom. The van der Waals surface area contributed by atoms with Crippen LogP contribution in [0.3, 0.4) is 0 Å². The van der Waals surface area contributed by atoms with E-state index in [1.807, 2.05) is 18.2 Å². The Hall–Kier alpha value is -1.18. The quantitative estimate of drug-likeness (QED) is 0.783. The molecule has 0 aromatic heterocycles. The molecule has 0 amide bonds. The van der Waals surface area contributed by atoms with Gasteiger partial charge in [-0.25, -0.2) is 0 Å². The smallest absolute Gasteiger partial charge is 0.102 e. The summed E-state index contributed by atoms with van der Waals surface area (Å²) in [6.07, 6.45) is 2.45. The maximum Gasteiger partial charge on any atom is 0.102 e. The van der Waals surface area contributed by atoms with Crippen LogP contribution in [0.15, 0.2) is 23.1 Å². The van der Waals surface area contributed by atoms with E-state index < -0.39 is 0 Å². The van der Waals surface area contributed by atoms with Crippen LogP contribution in [0.1, 0.15) is 25.3 Å². The minimum Gasteiger partial charge on any atom is -0.384 e. The molecule has 0 bridgehead atoms. The first kappa shape index (κ1) is 14.2. The number of thioether (sulfide) groups is 1. The molecule has 1 unspecified atom stereocenters. The molecule has 4 heteroatoms. The molecule has 1 aromatic carbocycles. The lowest BCUT2D eigenvalue weighted by Gasteiger charge is -2.13. The Kier molecular flexibility index (Phi) is 5.56. The van der Waals surface area contributed by atoms with Crippen molar-refractivity contribution >= 4 is 17.4 Å². The highest BCUT2D eigenvalue weighted by Crippen LogP contribution is 2.28. The number of benzene rings is 1. The summed E-state index contributed by atoms with van der Waals surface area (Å²) < 4.78 is 0. The van der Waals surface area contributed by atoms with Crippen molar-refractivity contribution < 1.29 is 0 Å². The van der Waals surface area contributed by atoms with Crippen LogP contribution >= 0.6 is 11.8 Å². The zero-order valence-corrected chi connectivity index (χ0v) is 12.2. The molecule has 0 radical (unpaired) electrons. The molecule has 2 N–H and O–H groups in total. The van der Waals surface area contributed by atoms with Crippen molar-refractivity contribution in [3.8, 4) is 6.07 Å². The molecular weight excluding hydrogens is 254 g/mol. The summed E-state index contributed by atoms with van der Waals surface area (Å²) in [6, 6.07) is 8.39. The predicted molar refractivity (Wildman–Crippen MR) is 81.6 cm³/mol.